The number of amides is 1. The van der Waals surface area contributed by atoms with E-state index < -0.39 is 11.9 Å². The van der Waals surface area contributed by atoms with Crippen LogP contribution in [0.2, 0.25) is 0 Å². The molecule has 2 N–H and O–H groups in total. The number of hydrogen-bond donors (Lipinski definition) is 2. The molecule has 0 spiro atoms. The maximum Gasteiger partial charge on any atom is 0.412 e. The molecule has 1 aromatic carbocycles. The van der Waals surface area contributed by atoms with E-state index >= 15 is 0 Å². The maximum absolute atomic E-state index is 13.6. The SMILES string of the molecule is CCC(=O)NCc1ccc(F)c(-c2nnc(O)o2)c1. The smallest absolute Gasteiger partial charge is 0.412 e. The summed E-state index contributed by atoms with van der Waals surface area (Å²) in [6.45, 7) is 2.02. The quantitative estimate of drug-likeness (QED) is 0.876. The molecule has 100 valence electrons. The Morgan fingerprint density at radius 3 is 2.89 bits per heavy atom. The second-order valence-electron chi connectivity index (χ2n) is 3.83. The summed E-state index contributed by atoms with van der Waals surface area (Å²) < 4.78 is 18.4. The number of carbonyl (C=O) groups is 1. The van der Waals surface area contributed by atoms with Crippen molar-refractivity contribution < 1.29 is 18.7 Å². The van der Waals surface area contributed by atoms with Crippen molar-refractivity contribution in [3.8, 4) is 17.5 Å². The van der Waals surface area contributed by atoms with Crippen LogP contribution in [0.3, 0.4) is 0 Å². The predicted octanol–water partition coefficient (Wildman–Crippen LogP) is 1.61. The van der Waals surface area contributed by atoms with E-state index in [4.69, 9.17) is 9.52 Å². The summed E-state index contributed by atoms with van der Waals surface area (Å²) in [7, 11) is 0. The zero-order valence-electron chi connectivity index (χ0n) is 10.2. The molecule has 0 saturated carbocycles. The molecule has 0 saturated heterocycles. The number of nitrogens with zero attached hydrogens (tertiary/aromatic N) is 2. The molecule has 0 bridgehead atoms. The van der Waals surface area contributed by atoms with E-state index in [1.807, 2.05) is 0 Å². The van der Waals surface area contributed by atoms with Crippen LogP contribution in [0.5, 0.6) is 6.08 Å². The fourth-order valence-corrected chi connectivity index (χ4v) is 1.50. The van der Waals surface area contributed by atoms with Crippen molar-refractivity contribution >= 4 is 5.91 Å². The summed E-state index contributed by atoms with van der Waals surface area (Å²) in [5.41, 5.74) is 0.770. The summed E-state index contributed by atoms with van der Waals surface area (Å²) in [6.07, 6.45) is -0.245. The lowest BCUT2D eigenvalue weighted by Gasteiger charge is -2.05. The van der Waals surface area contributed by atoms with Gasteiger partial charge in [-0.1, -0.05) is 18.1 Å². The Morgan fingerprint density at radius 1 is 1.47 bits per heavy atom. The van der Waals surface area contributed by atoms with Crippen LogP contribution in [-0.2, 0) is 11.3 Å². The molecule has 0 aliphatic heterocycles. The molecular formula is C12H12FN3O3. The first-order valence-electron chi connectivity index (χ1n) is 5.68. The average molecular weight is 265 g/mol. The van der Waals surface area contributed by atoms with Crippen LogP contribution in [0, 0.1) is 5.82 Å². The maximum atomic E-state index is 13.6. The van der Waals surface area contributed by atoms with Gasteiger partial charge in [0.25, 0.3) is 5.89 Å². The molecule has 0 unspecified atom stereocenters. The van der Waals surface area contributed by atoms with Crippen molar-refractivity contribution in [1.29, 1.82) is 0 Å². The lowest BCUT2D eigenvalue weighted by Crippen LogP contribution is -2.21. The van der Waals surface area contributed by atoms with Crippen molar-refractivity contribution in [2.24, 2.45) is 0 Å². The van der Waals surface area contributed by atoms with Crippen LogP contribution in [0.25, 0.3) is 11.5 Å². The molecule has 1 heterocycles. The number of carbonyl (C=O) groups excluding carboxylic acids is 1. The molecule has 0 atom stereocenters. The van der Waals surface area contributed by atoms with Crippen LogP contribution < -0.4 is 5.32 Å². The number of aromatic hydroxyl groups is 1. The highest BCUT2D eigenvalue weighted by Gasteiger charge is 2.13. The summed E-state index contributed by atoms with van der Waals surface area (Å²) in [6, 6.07) is 4.27. The van der Waals surface area contributed by atoms with Gasteiger partial charge in [-0.3, -0.25) is 4.79 Å². The molecule has 2 aromatic rings. The molecule has 19 heavy (non-hydrogen) atoms. The highest BCUT2D eigenvalue weighted by Crippen LogP contribution is 2.24. The molecule has 6 nitrogen and oxygen atoms in total. The van der Waals surface area contributed by atoms with Gasteiger partial charge in [-0.15, -0.1) is 5.10 Å². The van der Waals surface area contributed by atoms with Crippen LogP contribution in [0.15, 0.2) is 22.6 Å². The second-order valence-corrected chi connectivity index (χ2v) is 3.83. The lowest BCUT2D eigenvalue weighted by atomic mass is 10.1. The minimum atomic E-state index is -0.626. The first kappa shape index (κ1) is 13.0. The molecule has 0 aliphatic carbocycles. The van der Waals surface area contributed by atoms with Crippen molar-refractivity contribution in [3.05, 3.63) is 29.6 Å². The van der Waals surface area contributed by atoms with Gasteiger partial charge in [-0.2, -0.15) is 0 Å². The van der Waals surface area contributed by atoms with E-state index in [2.05, 4.69) is 15.5 Å². The topological polar surface area (TPSA) is 88.2 Å². The Kier molecular flexibility index (Phi) is 3.74. The number of hydrogen-bond acceptors (Lipinski definition) is 5. The van der Waals surface area contributed by atoms with Crippen molar-refractivity contribution in [1.82, 2.24) is 15.5 Å². The van der Waals surface area contributed by atoms with Gasteiger partial charge in [0.15, 0.2) is 0 Å². The number of nitrogens with one attached hydrogen (secondary N) is 1. The molecule has 0 radical (unpaired) electrons. The van der Waals surface area contributed by atoms with Crippen molar-refractivity contribution in [2.45, 2.75) is 19.9 Å². The third kappa shape index (κ3) is 3.06. The van der Waals surface area contributed by atoms with Gasteiger partial charge >= 0.3 is 6.08 Å². The third-order valence-electron chi connectivity index (χ3n) is 2.49. The summed E-state index contributed by atoms with van der Waals surface area (Å²) in [5.74, 6) is -0.755. The molecule has 0 fully saturated rings. The highest BCUT2D eigenvalue weighted by atomic mass is 19.1. The number of aromatic nitrogens is 2. The zero-order chi connectivity index (χ0) is 13.8. The number of rotatable bonds is 4. The standard InChI is InChI=1S/C12H12FN3O3/c1-2-10(17)14-6-7-3-4-9(13)8(5-7)11-15-16-12(18)19-11/h3-5H,2,6H2,1H3,(H,14,17)(H,16,18). The number of halogens is 1. The summed E-state index contributed by atoms with van der Waals surface area (Å²) >= 11 is 0. The molecule has 7 heteroatoms. The van der Waals surface area contributed by atoms with Gasteiger partial charge in [0.2, 0.25) is 5.91 Å². The fourth-order valence-electron chi connectivity index (χ4n) is 1.50. The minimum Gasteiger partial charge on any atom is -0.465 e. The number of benzene rings is 1. The largest absolute Gasteiger partial charge is 0.465 e. The van der Waals surface area contributed by atoms with Gasteiger partial charge in [0.1, 0.15) is 5.82 Å². The van der Waals surface area contributed by atoms with E-state index in [0.717, 1.165) is 0 Å². The fraction of sp³-hybridized carbons (Fsp3) is 0.250. The first-order chi connectivity index (χ1) is 9.10. The molecule has 1 aromatic heterocycles. The van der Waals surface area contributed by atoms with Gasteiger partial charge in [-0.05, 0) is 17.7 Å². The Labute approximate surface area is 108 Å². The summed E-state index contributed by atoms with van der Waals surface area (Å²) in [5, 5.41) is 18.4. The molecule has 1 amide bonds. The zero-order valence-corrected chi connectivity index (χ0v) is 10.2. The van der Waals surface area contributed by atoms with Gasteiger partial charge in [0, 0.05) is 13.0 Å². The molecule has 2 rings (SSSR count). The van der Waals surface area contributed by atoms with Gasteiger partial charge in [-0.25, -0.2) is 4.39 Å². The second kappa shape index (κ2) is 5.47. The molecular weight excluding hydrogens is 253 g/mol. The van der Waals surface area contributed by atoms with Gasteiger partial charge < -0.3 is 14.8 Å². The predicted molar refractivity (Wildman–Crippen MR) is 63.5 cm³/mol. The van der Waals surface area contributed by atoms with E-state index in [9.17, 15) is 9.18 Å². The Hall–Kier alpha value is -2.44. The minimum absolute atomic E-state index is 0.0797. The van der Waals surface area contributed by atoms with E-state index in [1.54, 1.807) is 13.0 Å². The Morgan fingerprint density at radius 2 is 2.26 bits per heavy atom. The van der Waals surface area contributed by atoms with Crippen LogP contribution in [0.1, 0.15) is 18.9 Å². The summed E-state index contributed by atoms with van der Waals surface area (Å²) in [4.78, 5) is 11.2. The van der Waals surface area contributed by atoms with E-state index in [1.165, 1.54) is 12.1 Å². The van der Waals surface area contributed by atoms with Crippen LogP contribution in [-0.4, -0.2) is 21.2 Å². The van der Waals surface area contributed by atoms with E-state index in [-0.39, 0.29) is 23.9 Å². The third-order valence-corrected chi connectivity index (χ3v) is 2.49. The van der Waals surface area contributed by atoms with Crippen molar-refractivity contribution in [2.75, 3.05) is 0 Å². The van der Waals surface area contributed by atoms with Crippen molar-refractivity contribution in [3.63, 3.8) is 0 Å². The monoisotopic (exact) mass is 265 g/mol. The normalized spacial score (nSPS) is 10.4. The Bertz CT molecular complexity index is 598. The lowest BCUT2D eigenvalue weighted by molar-refractivity contribution is -0.120. The van der Waals surface area contributed by atoms with E-state index in [0.29, 0.717) is 12.0 Å². The van der Waals surface area contributed by atoms with Crippen LogP contribution >= 0.6 is 0 Å². The van der Waals surface area contributed by atoms with Crippen LogP contribution in [0.4, 0.5) is 4.39 Å². The molecule has 0 aliphatic rings. The first-order valence-corrected chi connectivity index (χ1v) is 5.68. The Balaban J connectivity index is 2.22. The average Bonchev–Trinajstić information content (AvgIpc) is 2.83. The highest BCUT2D eigenvalue weighted by molar-refractivity contribution is 5.75. The van der Waals surface area contributed by atoms with Gasteiger partial charge in [0.05, 0.1) is 5.56 Å².